The molecule has 0 aromatic carbocycles. The van der Waals surface area contributed by atoms with Crippen molar-refractivity contribution in [2.75, 3.05) is 13.2 Å². The van der Waals surface area contributed by atoms with Gasteiger partial charge in [0.1, 0.15) is 17.2 Å². The third kappa shape index (κ3) is 7.05. The quantitative estimate of drug-likeness (QED) is 0.196. The summed E-state index contributed by atoms with van der Waals surface area (Å²) in [4.78, 5) is 25.4. The lowest BCUT2D eigenvalue weighted by atomic mass is 9.79. The van der Waals surface area contributed by atoms with Crippen molar-refractivity contribution in [1.29, 1.82) is 0 Å². The third-order valence-corrected chi connectivity index (χ3v) is 11.9. The first-order chi connectivity index (χ1) is 15.1. The van der Waals surface area contributed by atoms with Gasteiger partial charge < -0.3 is 24.5 Å². The van der Waals surface area contributed by atoms with E-state index in [9.17, 15) is 24.9 Å². The normalized spacial score (nSPS) is 26.0. The van der Waals surface area contributed by atoms with Gasteiger partial charge in [0.25, 0.3) is 0 Å². The van der Waals surface area contributed by atoms with Crippen molar-refractivity contribution >= 4 is 19.9 Å². The molecule has 0 amide bonds. The number of hydrogen-bond acceptors (Lipinski definition) is 7. The van der Waals surface area contributed by atoms with E-state index in [0.717, 1.165) is 0 Å². The van der Waals surface area contributed by atoms with Crippen LogP contribution >= 0.6 is 0 Å². The number of ether oxygens (including phenoxy) is 1. The molecule has 0 aromatic heterocycles. The van der Waals surface area contributed by atoms with E-state index in [1.54, 1.807) is 6.92 Å². The summed E-state index contributed by atoms with van der Waals surface area (Å²) < 4.78 is 12.8. The predicted molar refractivity (Wildman–Crippen MR) is 131 cm³/mol. The van der Waals surface area contributed by atoms with Gasteiger partial charge in [-0.05, 0) is 32.0 Å². The molecule has 0 aliphatic carbocycles. The second-order valence-electron chi connectivity index (χ2n) is 11.1. The molecule has 1 rings (SSSR count). The summed E-state index contributed by atoms with van der Waals surface area (Å²) in [6, 6.07) is 0. The van der Waals surface area contributed by atoms with Crippen LogP contribution in [0.5, 0.6) is 0 Å². The first-order valence-electron chi connectivity index (χ1n) is 12.0. The van der Waals surface area contributed by atoms with Crippen molar-refractivity contribution < 1.29 is 34.1 Å². The van der Waals surface area contributed by atoms with E-state index in [1.807, 2.05) is 32.9 Å². The van der Waals surface area contributed by atoms with E-state index < -0.39 is 57.0 Å². The lowest BCUT2D eigenvalue weighted by Crippen LogP contribution is -2.55. The molecule has 8 heteroatoms. The Hall–Kier alpha value is -0.903. The number of rotatable bonds is 14. The highest BCUT2D eigenvalue weighted by Crippen LogP contribution is 2.50. The summed E-state index contributed by atoms with van der Waals surface area (Å²) in [5.74, 6) is -2.80. The molecule has 0 saturated carbocycles. The molecule has 0 aromatic rings. The lowest BCUT2D eigenvalue weighted by Gasteiger charge is -2.43. The van der Waals surface area contributed by atoms with Crippen LogP contribution < -0.4 is 0 Å². The molecule has 3 N–H and O–H groups in total. The summed E-state index contributed by atoms with van der Waals surface area (Å²) in [5, 5.41) is 30.7. The summed E-state index contributed by atoms with van der Waals surface area (Å²) >= 11 is 0. The Balaban J connectivity index is 3.36. The first-order valence-corrected chi connectivity index (χ1v) is 15.0. The molecule has 1 saturated heterocycles. The Kier molecular flexibility index (Phi) is 10.7. The fourth-order valence-electron chi connectivity index (χ4n) is 4.13. The number of epoxide rings is 1. The maximum Gasteiger partial charge on any atom is 0.192 e. The minimum absolute atomic E-state index is 0.0846. The first kappa shape index (κ1) is 30.1. The van der Waals surface area contributed by atoms with Crippen molar-refractivity contribution in [3.8, 4) is 0 Å². The Morgan fingerprint density at radius 3 is 2.15 bits per heavy atom. The van der Waals surface area contributed by atoms with E-state index in [2.05, 4.69) is 33.9 Å². The number of aliphatic hydroxyl groups excluding tert-OH is 3. The van der Waals surface area contributed by atoms with E-state index >= 15 is 0 Å². The molecule has 0 spiro atoms. The van der Waals surface area contributed by atoms with E-state index in [-0.39, 0.29) is 35.7 Å². The molecule has 1 fully saturated rings. The van der Waals surface area contributed by atoms with Gasteiger partial charge in [-0.15, -0.1) is 0 Å². The zero-order valence-electron chi connectivity index (χ0n) is 21.9. The SMILES string of the molecule is C/C=C\[C@H](C)[C@H]1O[C@@]1(C)[C@@H](O[Si](C)(C)C(C)(C)C)[C@@H](CO)C(=O)[C@H](CO)[C@@H](O)CC(=O)CC. The highest BCUT2D eigenvalue weighted by Gasteiger charge is 2.64. The molecule has 0 unspecified atom stereocenters. The van der Waals surface area contributed by atoms with Crippen molar-refractivity contribution in [2.45, 2.75) is 103 Å². The average Bonchev–Trinajstić information content (AvgIpc) is 3.40. The van der Waals surface area contributed by atoms with Gasteiger partial charge in [-0.25, -0.2) is 0 Å². The summed E-state index contributed by atoms with van der Waals surface area (Å²) in [5.41, 5.74) is -0.804. The molecular weight excluding hydrogens is 440 g/mol. The van der Waals surface area contributed by atoms with E-state index in [0.29, 0.717) is 0 Å². The minimum atomic E-state index is -2.39. The fraction of sp³-hybridized carbons (Fsp3) is 0.840. The summed E-state index contributed by atoms with van der Waals surface area (Å²) in [6.07, 6.45) is 1.75. The van der Waals surface area contributed by atoms with Crippen LogP contribution in [0.25, 0.3) is 0 Å². The van der Waals surface area contributed by atoms with Gasteiger partial charge in [-0.2, -0.15) is 0 Å². The predicted octanol–water partition coefficient (Wildman–Crippen LogP) is 3.26. The van der Waals surface area contributed by atoms with Crippen LogP contribution in [0, 0.1) is 17.8 Å². The molecule has 7 atom stereocenters. The maximum absolute atomic E-state index is 13.5. The van der Waals surface area contributed by atoms with Crippen LogP contribution in [0.1, 0.15) is 61.3 Å². The number of ketones is 2. The Bertz CT molecular complexity index is 699. The molecule has 1 aliphatic rings. The van der Waals surface area contributed by atoms with Crippen molar-refractivity contribution in [2.24, 2.45) is 17.8 Å². The topological polar surface area (TPSA) is 117 Å². The second kappa shape index (κ2) is 11.7. The number of allylic oxidation sites excluding steroid dienone is 1. The smallest absolute Gasteiger partial charge is 0.192 e. The maximum atomic E-state index is 13.5. The third-order valence-electron chi connectivity index (χ3n) is 7.44. The highest BCUT2D eigenvalue weighted by molar-refractivity contribution is 6.74. The van der Waals surface area contributed by atoms with Gasteiger partial charge in [0.2, 0.25) is 0 Å². The summed E-state index contributed by atoms with van der Waals surface area (Å²) in [7, 11) is -2.39. The molecule has 1 aliphatic heterocycles. The van der Waals surface area contributed by atoms with E-state index in [1.165, 1.54) is 0 Å². The Labute approximate surface area is 200 Å². The molecule has 7 nitrogen and oxygen atoms in total. The van der Waals surface area contributed by atoms with Gasteiger partial charge in [-0.3, -0.25) is 9.59 Å². The van der Waals surface area contributed by atoms with Crippen molar-refractivity contribution in [3.05, 3.63) is 12.2 Å². The summed E-state index contributed by atoms with van der Waals surface area (Å²) in [6.45, 7) is 16.9. The Morgan fingerprint density at radius 2 is 1.73 bits per heavy atom. The molecule has 0 bridgehead atoms. The van der Waals surface area contributed by atoms with Crippen LogP contribution in [0.15, 0.2) is 12.2 Å². The highest BCUT2D eigenvalue weighted by atomic mass is 28.4. The zero-order chi connectivity index (χ0) is 25.8. The van der Waals surface area contributed by atoms with Gasteiger partial charge in [-0.1, -0.05) is 46.8 Å². The van der Waals surface area contributed by atoms with Crippen LogP contribution in [0.3, 0.4) is 0 Å². The number of hydrogen-bond donors (Lipinski definition) is 3. The fourth-order valence-corrected chi connectivity index (χ4v) is 5.51. The largest absolute Gasteiger partial charge is 0.410 e. The molecule has 0 radical (unpaired) electrons. The van der Waals surface area contributed by atoms with Gasteiger partial charge in [0.15, 0.2) is 8.32 Å². The lowest BCUT2D eigenvalue weighted by molar-refractivity contribution is -0.140. The van der Waals surface area contributed by atoms with Gasteiger partial charge in [0, 0.05) is 18.8 Å². The van der Waals surface area contributed by atoms with Crippen molar-refractivity contribution in [1.82, 2.24) is 0 Å². The van der Waals surface area contributed by atoms with E-state index in [4.69, 9.17) is 9.16 Å². The molecule has 1 heterocycles. The number of Topliss-reactive ketones (excluding diaryl/α,β-unsaturated/α-hetero) is 2. The Morgan fingerprint density at radius 1 is 1.18 bits per heavy atom. The number of aliphatic hydroxyl groups is 3. The van der Waals surface area contributed by atoms with Crippen LogP contribution in [0.4, 0.5) is 0 Å². The molecule has 192 valence electrons. The molecule has 33 heavy (non-hydrogen) atoms. The van der Waals surface area contributed by atoms with Crippen LogP contribution in [-0.2, 0) is 18.8 Å². The standard InChI is InChI=1S/C25H46O7Si/c1-10-12-16(3)22-25(7,31-22)23(32-33(8,9)24(4,5)6)19(15-27)21(30)18(14-26)20(29)13-17(28)11-2/h10,12,16,18-20,22-23,26-27,29H,11,13-15H2,1-9H3/b12-10-/t16-,18+,19-,20-,22+,23-,25+/m0/s1. The van der Waals surface area contributed by atoms with Gasteiger partial charge in [0.05, 0.1) is 43.4 Å². The minimum Gasteiger partial charge on any atom is -0.410 e. The molecular formula is C25H46O7Si. The van der Waals surface area contributed by atoms with Crippen LogP contribution in [-0.4, -0.2) is 72.3 Å². The monoisotopic (exact) mass is 486 g/mol. The average molecular weight is 487 g/mol. The van der Waals surface area contributed by atoms with Gasteiger partial charge >= 0.3 is 0 Å². The number of carbonyl (C=O) groups excluding carboxylic acids is 2. The zero-order valence-corrected chi connectivity index (χ0v) is 22.9. The van der Waals surface area contributed by atoms with Crippen LogP contribution in [0.2, 0.25) is 18.1 Å². The number of carbonyl (C=O) groups is 2. The van der Waals surface area contributed by atoms with Crippen molar-refractivity contribution in [3.63, 3.8) is 0 Å². The second-order valence-corrected chi connectivity index (χ2v) is 15.8.